The van der Waals surface area contributed by atoms with Crippen molar-refractivity contribution in [3.63, 3.8) is 0 Å². The zero-order valence-electron chi connectivity index (χ0n) is 15.7. The van der Waals surface area contributed by atoms with Crippen LogP contribution < -0.4 is 10.6 Å². The number of phenolic OH excluding ortho intramolecular Hbond substituents is 1. The zero-order chi connectivity index (χ0) is 20.1. The summed E-state index contributed by atoms with van der Waals surface area (Å²) in [4.78, 5) is 26.1. The summed E-state index contributed by atoms with van der Waals surface area (Å²) in [7, 11) is 0. The Kier molecular flexibility index (Phi) is 6.54. The lowest BCUT2D eigenvalue weighted by Gasteiger charge is -2.32. The van der Waals surface area contributed by atoms with E-state index in [0.29, 0.717) is 0 Å². The molecule has 0 bridgehead atoms. The summed E-state index contributed by atoms with van der Waals surface area (Å²) in [6.07, 6.45) is 1.69. The van der Waals surface area contributed by atoms with Gasteiger partial charge in [-0.05, 0) is 24.5 Å². The minimum absolute atomic E-state index is 0.0488. The molecule has 0 unspecified atom stereocenters. The number of nitrogens with zero attached hydrogens (tertiary/aromatic N) is 1. The first kappa shape index (κ1) is 20.2. The second kappa shape index (κ2) is 9.08. The Bertz CT molecular complexity index is 849. The first-order valence-electron chi connectivity index (χ1n) is 9.29. The average Bonchev–Trinajstić information content (AvgIpc) is 2.66. The second-order valence-electron chi connectivity index (χ2n) is 7.04. The van der Waals surface area contributed by atoms with E-state index in [1.807, 2.05) is 18.2 Å². The Balaban J connectivity index is 1.56. The number of benzene rings is 2. The molecule has 2 amide bonds. The van der Waals surface area contributed by atoms with Gasteiger partial charge >= 0.3 is 0 Å². The number of hydrogen-bond acceptors (Lipinski definition) is 4. The zero-order valence-corrected chi connectivity index (χ0v) is 16.5. The van der Waals surface area contributed by atoms with Gasteiger partial charge in [0.25, 0.3) is 5.91 Å². The van der Waals surface area contributed by atoms with Gasteiger partial charge in [-0.25, -0.2) is 0 Å². The molecule has 1 aliphatic rings. The molecule has 3 N–H and O–H groups in total. The van der Waals surface area contributed by atoms with Crippen LogP contribution in [0.3, 0.4) is 0 Å². The molecule has 0 aliphatic carbocycles. The Hall–Kier alpha value is -2.57. The molecule has 0 aromatic heterocycles. The van der Waals surface area contributed by atoms with Gasteiger partial charge < -0.3 is 15.7 Å². The molecular formula is C21H24ClN3O3. The largest absolute Gasteiger partial charge is 0.507 e. The van der Waals surface area contributed by atoms with Gasteiger partial charge in [-0.15, -0.1) is 0 Å². The summed E-state index contributed by atoms with van der Waals surface area (Å²) in [5.41, 5.74) is 1.66. The molecule has 2 aromatic carbocycles. The maximum absolute atomic E-state index is 12.6. The van der Waals surface area contributed by atoms with Gasteiger partial charge in [0.2, 0.25) is 5.91 Å². The molecule has 3 rings (SSSR count). The van der Waals surface area contributed by atoms with E-state index in [4.69, 9.17) is 11.6 Å². The van der Waals surface area contributed by atoms with Crippen molar-refractivity contribution in [3.8, 4) is 5.75 Å². The Morgan fingerprint density at radius 3 is 2.50 bits per heavy atom. The normalized spacial score (nSPS) is 15.2. The Morgan fingerprint density at radius 1 is 1.18 bits per heavy atom. The third kappa shape index (κ3) is 5.24. The third-order valence-electron chi connectivity index (χ3n) is 4.81. The summed E-state index contributed by atoms with van der Waals surface area (Å²) in [6, 6.07) is 13.0. The molecule has 148 valence electrons. The minimum atomic E-state index is -0.365. The molecule has 1 heterocycles. The maximum atomic E-state index is 12.6. The van der Waals surface area contributed by atoms with E-state index in [9.17, 15) is 14.7 Å². The highest BCUT2D eigenvalue weighted by Crippen LogP contribution is 2.30. The van der Waals surface area contributed by atoms with Crippen molar-refractivity contribution in [2.24, 2.45) is 0 Å². The first-order valence-corrected chi connectivity index (χ1v) is 9.67. The van der Waals surface area contributed by atoms with Gasteiger partial charge in [-0.2, -0.15) is 0 Å². The SMILES string of the molecule is CC(=O)Nc1cc(O)c(C(=O)NC2CCN(Cc3ccccc3)CC2)cc1Cl. The van der Waals surface area contributed by atoms with Crippen LogP contribution in [0.4, 0.5) is 5.69 Å². The van der Waals surface area contributed by atoms with Gasteiger partial charge in [-0.1, -0.05) is 41.9 Å². The molecule has 0 saturated carbocycles. The van der Waals surface area contributed by atoms with Crippen LogP contribution in [-0.2, 0) is 11.3 Å². The van der Waals surface area contributed by atoms with Gasteiger partial charge in [-0.3, -0.25) is 14.5 Å². The van der Waals surface area contributed by atoms with Gasteiger partial charge in [0.15, 0.2) is 0 Å². The molecule has 1 saturated heterocycles. The molecule has 0 spiro atoms. The number of amides is 2. The molecule has 0 radical (unpaired) electrons. The molecule has 7 heteroatoms. The van der Waals surface area contributed by atoms with Crippen molar-refractivity contribution in [1.29, 1.82) is 0 Å². The molecule has 28 heavy (non-hydrogen) atoms. The van der Waals surface area contributed by atoms with Gasteiger partial charge in [0, 0.05) is 38.7 Å². The number of aromatic hydroxyl groups is 1. The number of phenols is 1. The third-order valence-corrected chi connectivity index (χ3v) is 5.13. The average molecular weight is 402 g/mol. The quantitative estimate of drug-likeness (QED) is 0.717. The van der Waals surface area contributed by atoms with E-state index < -0.39 is 0 Å². The van der Waals surface area contributed by atoms with E-state index in [-0.39, 0.29) is 39.9 Å². The number of carbonyl (C=O) groups is 2. The number of nitrogens with one attached hydrogen (secondary N) is 2. The fraction of sp³-hybridized carbons (Fsp3) is 0.333. The summed E-state index contributed by atoms with van der Waals surface area (Å²) in [6.45, 7) is 4.04. The van der Waals surface area contributed by atoms with Crippen LogP contribution in [0.25, 0.3) is 0 Å². The lowest BCUT2D eigenvalue weighted by atomic mass is 10.0. The molecule has 0 atom stereocenters. The number of likely N-dealkylation sites (tertiary alicyclic amines) is 1. The van der Waals surface area contributed by atoms with Crippen molar-refractivity contribution in [1.82, 2.24) is 10.2 Å². The van der Waals surface area contributed by atoms with Crippen LogP contribution in [0.15, 0.2) is 42.5 Å². The lowest BCUT2D eigenvalue weighted by molar-refractivity contribution is -0.114. The first-order chi connectivity index (χ1) is 13.4. The van der Waals surface area contributed by atoms with Crippen molar-refractivity contribution in [2.45, 2.75) is 32.4 Å². The topological polar surface area (TPSA) is 81.7 Å². The Labute approximate surface area is 169 Å². The van der Waals surface area contributed by atoms with Crippen molar-refractivity contribution >= 4 is 29.1 Å². The minimum Gasteiger partial charge on any atom is -0.507 e. The van der Waals surface area contributed by atoms with Crippen LogP contribution in [0.2, 0.25) is 5.02 Å². The van der Waals surface area contributed by atoms with Gasteiger partial charge in [0.05, 0.1) is 16.3 Å². The number of piperidine rings is 1. The van der Waals surface area contributed by atoms with E-state index in [2.05, 4.69) is 27.7 Å². The summed E-state index contributed by atoms with van der Waals surface area (Å²) in [5.74, 6) is -0.886. The maximum Gasteiger partial charge on any atom is 0.255 e. The van der Waals surface area contributed by atoms with Crippen LogP contribution >= 0.6 is 11.6 Å². The van der Waals surface area contributed by atoms with Crippen LogP contribution in [0, 0.1) is 0 Å². The monoisotopic (exact) mass is 401 g/mol. The lowest BCUT2D eigenvalue weighted by Crippen LogP contribution is -2.44. The highest BCUT2D eigenvalue weighted by Gasteiger charge is 2.23. The number of rotatable bonds is 5. The molecule has 6 nitrogen and oxygen atoms in total. The number of anilines is 1. The fourth-order valence-electron chi connectivity index (χ4n) is 3.37. The summed E-state index contributed by atoms with van der Waals surface area (Å²) >= 11 is 6.12. The number of halogens is 1. The smallest absolute Gasteiger partial charge is 0.255 e. The molecule has 2 aromatic rings. The Morgan fingerprint density at radius 2 is 1.86 bits per heavy atom. The van der Waals surface area contributed by atoms with Crippen LogP contribution in [-0.4, -0.2) is 41.0 Å². The fourth-order valence-corrected chi connectivity index (χ4v) is 3.58. The second-order valence-corrected chi connectivity index (χ2v) is 7.45. The summed E-state index contributed by atoms with van der Waals surface area (Å²) < 4.78 is 0. The molecule has 1 aliphatic heterocycles. The van der Waals surface area contributed by atoms with Crippen molar-refractivity contribution in [2.75, 3.05) is 18.4 Å². The highest BCUT2D eigenvalue weighted by molar-refractivity contribution is 6.34. The highest BCUT2D eigenvalue weighted by atomic mass is 35.5. The van der Waals surface area contributed by atoms with E-state index in [1.165, 1.54) is 24.6 Å². The number of hydrogen-bond donors (Lipinski definition) is 3. The van der Waals surface area contributed by atoms with Gasteiger partial charge in [0.1, 0.15) is 5.75 Å². The van der Waals surface area contributed by atoms with Crippen LogP contribution in [0.1, 0.15) is 35.7 Å². The number of carbonyl (C=O) groups excluding carboxylic acids is 2. The van der Waals surface area contributed by atoms with E-state index in [1.54, 1.807) is 0 Å². The van der Waals surface area contributed by atoms with Crippen molar-refractivity contribution < 1.29 is 14.7 Å². The molecular weight excluding hydrogens is 378 g/mol. The summed E-state index contributed by atoms with van der Waals surface area (Å²) in [5, 5.41) is 15.9. The van der Waals surface area contributed by atoms with Crippen molar-refractivity contribution in [3.05, 3.63) is 58.6 Å². The van der Waals surface area contributed by atoms with E-state index in [0.717, 1.165) is 32.5 Å². The van der Waals surface area contributed by atoms with Crippen LogP contribution in [0.5, 0.6) is 5.75 Å². The molecule has 1 fully saturated rings. The predicted molar refractivity (Wildman–Crippen MR) is 110 cm³/mol. The predicted octanol–water partition coefficient (Wildman–Crippen LogP) is 3.40. The van der Waals surface area contributed by atoms with E-state index >= 15 is 0 Å². The standard InChI is InChI=1S/C21H24ClN3O3/c1-14(26)23-19-12-20(27)17(11-18(19)22)21(28)24-16-7-9-25(10-8-16)13-15-5-3-2-4-6-15/h2-6,11-12,16,27H,7-10,13H2,1H3,(H,23,26)(H,24,28).